The van der Waals surface area contributed by atoms with E-state index in [0.717, 1.165) is 0 Å². The van der Waals surface area contributed by atoms with Gasteiger partial charge < -0.3 is 19.9 Å². The van der Waals surface area contributed by atoms with Gasteiger partial charge in [0, 0.05) is 13.2 Å². The van der Waals surface area contributed by atoms with E-state index < -0.39 is 6.09 Å². The highest BCUT2D eigenvalue weighted by Gasteiger charge is 1.92. The standard InChI is InChI=1S/C7H15NO4/c1-2-11-5-6-12-4-3-8-7(9)10/h8H,2-6H2,1H3,(H,9,10). The minimum atomic E-state index is -1.02. The van der Waals surface area contributed by atoms with Crippen LogP contribution in [0.15, 0.2) is 0 Å². The van der Waals surface area contributed by atoms with E-state index in [-0.39, 0.29) is 0 Å². The molecule has 0 heterocycles. The zero-order valence-corrected chi connectivity index (χ0v) is 7.21. The topological polar surface area (TPSA) is 67.8 Å². The third-order valence-electron chi connectivity index (χ3n) is 1.10. The molecule has 0 atom stereocenters. The Bertz CT molecular complexity index is 118. The number of hydrogen-bond acceptors (Lipinski definition) is 3. The molecule has 0 aliphatic heterocycles. The van der Waals surface area contributed by atoms with Crippen molar-refractivity contribution in [3.05, 3.63) is 0 Å². The summed E-state index contributed by atoms with van der Waals surface area (Å²) in [6.45, 7) is 4.36. The lowest BCUT2D eigenvalue weighted by Crippen LogP contribution is -2.25. The summed E-state index contributed by atoms with van der Waals surface area (Å²) in [6.07, 6.45) is -1.02. The van der Waals surface area contributed by atoms with Gasteiger partial charge in [0.1, 0.15) is 0 Å². The van der Waals surface area contributed by atoms with Crippen molar-refractivity contribution in [1.29, 1.82) is 0 Å². The SMILES string of the molecule is CCOCCOCCNC(=O)O. The van der Waals surface area contributed by atoms with Crippen molar-refractivity contribution in [3.63, 3.8) is 0 Å². The molecule has 12 heavy (non-hydrogen) atoms. The Morgan fingerprint density at radius 3 is 2.58 bits per heavy atom. The van der Waals surface area contributed by atoms with E-state index in [1.807, 2.05) is 6.92 Å². The molecular weight excluding hydrogens is 162 g/mol. The molecule has 0 aliphatic carbocycles. The van der Waals surface area contributed by atoms with Crippen molar-refractivity contribution in [2.75, 3.05) is 33.0 Å². The van der Waals surface area contributed by atoms with Crippen molar-refractivity contribution in [3.8, 4) is 0 Å². The van der Waals surface area contributed by atoms with E-state index >= 15 is 0 Å². The molecule has 72 valence electrons. The van der Waals surface area contributed by atoms with E-state index in [1.54, 1.807) is 0 Å². The summed E-state index contributed by atoms with van der Waals surface area (Å²) in [4.78, 5) is 9.94. The van der Waals surface area contributed by atoms with Gasteiger partial charge in [-0.2, -0.15) is 0 Å². The van der Waals surface area contributed by atoms with Gasteiger partial charge in [0.2, 0.25) is 0 Å². The molecule has 0 spiro atoms. The third kappa shape index (κ3) is 9.19. The Morgan fingerprint density at radius 2 is 2.00 bits per heavy atom. The van der Waals surface area contributed by atoms with Crippen molar-refractivity contribution in [1.82, 2.24) is 5.32 Å². The van der Waals surface area contributed by atoms with Gasteiger partial charge in [-0.3, -0.25) is 0 Å². The van der Waals surface area contributed by atoms with Crippen molar-refractivity contribution in [2.45, 2.75) is 6.92 Å². The van der Waals surface area contributed by atoms with Crippen LogP contribution in [0, 0.1) is 0 Å². The molecule has 0 radical (unpaired) electrons. The Labute approximate surface area is 71.7 Å². The fourth-order valence-corrected chi connectivity index (χ4v) is 0.594. The van der Waals surface area contributed by atoms with Gasteiger partial charge in [-0.15, -0.1) is 0 Å². The summed E-state index contributed by atoms with van der Waals surface area (Å²) in [5.74, 6) is 0. The Hall–Kier alpha value is -0.810. The Balaban J connectivity index is 2.86. The number of ether oxygens (including phenoxy) is 2. The molecule has 0 aliphatic rings. The third-order valence-corrected chi connectivity index (χ3v) is 1.10. The van der Waals surface area contributed by atoms with Crippen molar-refractivity contribution in [2.24, 2.45) is 0 Å². The maximum atomic E-state index is 9.94. The van der Waals surface area contributed by atoms with Gasteiger partial charge in [0.25, 0.3) is 0 Å². The molecular formula is C7H15NO4. The minimum Gasteiger partial charge on any atom is -0.465 e. The highest BCUT2D eigenvalue weighted by atomic mass is 16.5. The fraction of sp³-hybridized carbons (Fsp3) is 0.857. The normalized spacial score (nSPS) is 9.75. The largest absolute Gasteiger partial charge is 0.465 e. The van der Waals surface area contributed by atoms with Crippen LogP contribution in [-0.4, -0.2) is 44.2 Å². The molecule has 0 fully saturated rings. The summed E-state index contributed by atoms with van der Waals surface area (Å²) in [7, 11) is 0. The Morgan fingerprint density at radius 1 is 1.33 bits per heavy atom. The smallest absolute Gasteiger partial charge is 0.404 e. The van der Waals surface area contributed by atoms with E-state index in [4.69, 9.17) is 14.6 Å². The number of carboxylic acid groups (broad SMARTS) is 1. The maximum Gasteiger partial charge on any atom is 0.404 e. The minimum absolute atomic E-state index is 0.321. The predicted molar refractivity (Wildman–Crippen MR) is 43.3 cm³/mol. The van der Waals surface area contributed by atoms with Crippen LogP contribution in [0.2, 0.25) is 0 Å². The van der Waals surface area contributed by atoms with Gasteiger partial charge in [-0.05, 0) is 6.92 Å². The molecule has 0 unspecified atom stereocenters. The van der Waals surface area contributed by atoms with Crippen LogP contribution in [0.25, 0.3) is 0 Å². The van der Waals surface area contributed by atoms with Crippen LogP contribution in [0.4, 0.5) is 4.79 Å². The maximum absolute atomic E-state index is 9.94. The molecule has 0 aromatic carbocycles. The van der Waals surface area contributed by atoms with Crippen LogP contribution in [0.1, 0.15) is 6.92 Å². The monoisotopic (exact) mass is 177 g/mol. The average Bonchev–Trinajstić information content (AvgIpc) is 2.02. The van der Waals surface area contributed by atoms with Gasteiger partial charge in [-0.1, -0.05) is 0 Å². The van der Waals surface area contributed by atoms with Crippen molar-refractivity contribution >= 4 is 6.09 Å². The first-order valence-electron chi connectivity index (χ1n) is 3.89. The molecule has 0 bridgehead atoms. The summed E-state index contributed by atoms with van der Waals surface area (Å²) in [5, 5.41) is 10.4. The quantitative estimate of drug-likeness (QED) is 0.549. The highest BCUT2D eigenvalue weighted by molar-refractivity contribution is 5.64. The fourth-order valence-electron chi connectivity index (χ4n) is 0.594. The van der Waals surface area contributed by atoms with Crippen molar-refractivity contribution < 1.29 is 19.4 Å². The molecule has 0 rings (SSSR count). The summed E-state index contributed by atoms with van der Waals surface area (Å²) in [5.41, 5.74) is 0. The molecule has 1 amide bonds. The van der Waals surface area contributed by atoms with Gasteiger partial charge in [0.05, 0.1) is 19.8 Å². The molecule has 0 saturated heterocycles. The molecule has 2 N–H and O–H groups in total. The molecule has 5 heteroatoms. The number of hydrogen-bond donors (Lipinski definition) is 2. The van der Waals surface area contributed by atoms with E-state index in [9.17, 15) is 4.79 Å². The van der Waals surface area contributed by atoms with Gasteiger partial charge in [-0.25, -0.2) is 4.79 Å². The second kappa shape index (κ2) is 8.29. The van der Waals surface area contributed by atoms with Gasteiger partial charge >= 0.3 is 6.09 Å². The highest BCUT2D eigenvalue weighted by Crippen LogP contribution is 1.76. The van der Waals surface area contributed by atoms with E-state index in [0.29, 0.717) is 33.0 Å². The first-order chi connectivity index (χ1) is 5.77. The van der Waals surface area contributed by atoms with E-state index in [1.165, 1.54) is 0 Å². The number of carbonyl (C=O) groups is 1. The summed E-state index contributed by atoms with van der Waals surface area (Å²) >= 11 is 0. The molecule has 0 saturated carbocycles. The lowest BCUT2D eigenvalue weighted by molar-refractivity contribution is 0.0540. The van der Waals surface area contributed by atoms with E-state index in [2.05, 4.69) is 5.32 Å². The van der Waals surface area contributed by atoms with Crippen LogP contribution in [-0.2, 0) is 9.47 Å². The lowest BCUT2D eigenvalue weighted by atomic mass is 10.6. The molecule has 0 aromatic rings. The molecule has 0 aromatic heterocycles. The average molecular weight is 177 g/mol. The lowest BCUT2D eigenvalue weighted by Gasteiger charge is -2.03. The van der Waals surface area contributed by atoms with Crippen LogP contribution >= 0.6 is 0 Å². The number of amides is 1. The first-order valence-corrected chi connectivity index (χ1v) is 3.89. The van der Waals surface area contributed by atoms with Crippen LogP contribution in [0.5, 0.6) is 0 Å². The first kappa shape index (κ1) is 11.2. The number of rotatable bonds is 7. The van der Waals surface area contributed by atoms with Gasteiger partial charge in [0.15, 0.2) is 0 Å². The van der Waals surface area contributed by atoms with Crippen LogP contribution in [0.3, 0.4) is 0 Å². The second-order valence-corrected chi connectivity index (χ2v) is 2.04. The predicted octanol–water partition coefficient (Wildman–Crippen LogP) is 0.307. The summed E-state index contributed by atoms with van der Waals surface area (Å²) in [6, 6.07) is 0. The number of nitrogens with one attached hydrogen (secondary N) is 1. The zero-order chi connectivity index (χ0) is 9.23. The molecule has 5 nitrogen and oxygen atoms in total. The van der Waals surface area contributed by atoms with Crippen LogP contribution < -0.4 is 5.32 Å². The second-order valence-electron chi connectivity index (χ2n) is 2.04. The summed E-state index contributed by atoms with van der Waals surface area (Å²) < 4.78 is 10.0. The Kier molecular flexibility index (Phi) is 7.73. The zero-order valence-electron chi connectivity index (χ0n) is 7.21.